The minimum absolute atomic E-state index is 0.466. The van der Waals surface area contributed by atoms with Gasteiger partial charge < -0.3 is 4.48 Å². The van der Waals surface area contributed by atoms with Crippen LogP contribution in [0.15, 0.2) is 43.0 Å². The summed E-state index contributed by atoms with van der Waals surface area (Å²) in [4.78, 5) is 0. The lowest BCUT2D eigenvalue weighted by atomic mass is 10.1. The van der Waals surface area contributed by atoms with Gasteiger partial charge in [0.2, 0.25) is 0 Å². The first-order chi connectivity index (χ1) is 8.10. The minimum atomic E-state index is 0.466. The molecule has 17 heavy (non-hydrogen) atoms. The molecule has 1 N–H and O–H groups in total. The molecule has 1 atom stereocenters. The lowest BCUT2D eigenvalue weighted by molar-refractivity contribution is -0.931. The lowest BCUT2D eigenvalue weighted by Gasteiger charge is -2.38. The quantitative estimate of drug-likeness (QED) is 0.434. The fourth-order valence-corrected chi connectivity index (χ4v) is 2.27. The number of quaternary nitrogens is 1. The average Bonchev–Trinajstić information content (AvgIpc) is 2.30. The fraction of sp³-hybridized carbons (Fsp3) is 0.467. The van der Waals surface area contributed by atoms with E-state index in [2.05, 4.69) is 63.2 Å². The Hall–Kier alpha value is -1.12. The summed E-state index contributed by atoms with van der Waals surface area (Å²) >= 11 is 0. The smallest absolute Gasteiger partial charge is 0.142 e. The van der Waals surface area contributed by atoms with E-state index in [1.54, 1.807) is 0 Å². The molecular formula is C15H25N2+. The lowest BCUT2D eigenvalue weighted by Crippen LogP contribution is -2.55. The molecule has 0 bridgehead atoms. The molecule has 0 spiro atoms. The molecule has 0 aliphatic heterocycles. The number of rotatable bonds is 7. The molecule has 1 aromatic carbocycles. The van der Waals surface area contributed by atoms with Crippen molar-refractivity contribution in [2.75, 3.05) is 20.6 Å². The van der Waals surface area contributed by atoms with Gasteiger partial charge in [-0.2, -0.15) is 0 Å². The SMILES string of the molecule is C=CCNC(CC)[N+](C)(C)Cc1ccccc1. The molecule has 1 aromatic rings. The van der Waals surface area contributed by atoms with Crippen LogP contribution in [-0.2, 0) is 6.54 Å². The van der Waals surface area contributed by atoms with Gasteiger partial charge in [0.25, 0.3) is 0 Å². The summed E-state index contributed by atoms with van der Waals surface area (Å²) in [7, 11) is 4.55. The van der Waals surface area contributed by atoms with E-state index in [-0.39, 0.29) is 0 Å². The molecule has 0 saturated carbocycles. The molecule has 2 heteroatoms. The Kier molecular flexibility index (Phi) is 5.39. The summed E-state index contributed by atoms with van der Waals surface area (Å²) in [5.74, 6) is 0. The first-order valence-electron chi connectivity index (χ1n) is 6.31. The van der Waals surface area contributed by atoms with Crippen LogP contribution in [-0.4, -0.2) is 31.3 Å². The van der Waals surface area contributed by atoms with Crippen LogP contribution in [0.25, 0.3) is 0 Å². The Labute approximate surface area is 106 Å². The van der Waals surface area contributed by atoms with Crippen molar-refractivity contribution in [3.63, 3.8) is 0 Å². The minimum Gasteiger partial charge on any atom is -0.310 e. The first kappa shape index (κ1) is 13.9. The van der Waals surface area contributed by atoms with Crippen molar-refractivity contribution < 1.29 is 4.48 Å². The van der Waals surface area contributed by atoms with Gasteiger partial charge in [-0.1, -0.05) is 43.3 Å². The molecule has 2 nitrogen and oxygen atoms in total. The summed E-state index contributed by atoms with van der Waals surface area (Å²) in [5.41, 5.74) is 1.39. The maximum atomic E-state index is 3.76. The normalized spacial score (nSPS) is 13.4. The third-order valence-corrected chi connectivity index (χ3v) is 3.16. The zero-order valence-corrected chi connectivity index (χ0v) is 11.3. The van der Waals surface area contributed by atoms with E-state index in [1.165, 1.54) is 5.56 Å². The van der Waals surface area contributed by atoms with Crippen molar-refractivity contribution in [3.8, 4) is 0 Å². The molecule has 0 radical (unpaired) electrons. The van der Waals surface area contributed by atoms with Gasteiger partial charge >= 0.3 is 0 Å². The van der Waals surface area contributed by atoms with Gasteiger partial charge in [-0.15, -0.1) is 6.58 Å². The standard InChI is InChI=1S/C15H25N2/c1-5-12-16-15(6-2)17(3,4)13-14-10-8-7-9-11-14/h5,7-11,15-16H,1,6,12-13H2,2-4H3/q+1. The van der Waals surface area contributed by atoms with Gasteiger partial charge in [-0.25, -0.2) is 0 Å². The van der Waals surface area contributed by atoms with Crippen LogP contribution >= 0.6 is 0 Å². The van der Waals surface area contributed by atoms with E-state index in [1.807, 2.05) is 6.08 Å². The molecule has 94 valence electrons. The van der Waals surface area contributed by atoms with Crippen molar-refractivity contribution >= 4 is 0 Å². The predicted octanol–water partition coefficient (Wildman–Crippen LogP) is 2.77. The van der Waals surface area contributed by atoms with Crippen LogP contribution in [0.2, 0.25) is 0 Å². The van der Waals surface area contributed by atoms with E-state index >= 15 is 0 Å². The van der Waals surface area contributed by atoms with Gasteiger partial charge in [0.05, 0.1) is 14.1 Å². The summed E-state index contributed by atoms with van der Waals surface area (Å²) in [6.45, 7) is 7.91. The van der Waals surface area contributed by atoms with Crippen molar-refractivity contribution in [3.05, 3.63) is 48.6 Å². The highest BCUT2D eigenvalue weighted by atomic mass is 15.4. The van der Waals surface area contributed by atoms with Gasteiger partial charge in [0.1, 0.15) is 12.7 Å². The Morgan fingerprint density at radius 1 is 1.29 bits per heavy atom. The van der Waals surface area contributed by atoms with E-state index in [4.69, 9.17) is 0 Å². The molecule has 1 rings (SSSR count). The van der Waals surface area contributed by atoms with Crippen molar-refractivity contribution in [1.82, 2.24) is 5.32 Å². The highest BCUT2D eigenvalue weighted by molar-refractivity contribution is 5.13. The average molecular weight is 233 g/mol. The van der Waals surface area contributed by atoms with E-state index in [0.717, 1.165) is 24.0 Å². The third kappa shape index (κ3) is 4.33. The highest BCUT2D eigenvalue weighted by Gasteiger charge is 2.25. The van der Waals surface area contributed by atoms with E-state index < -0.39 is 0 Å². The van der Waals surface area contributed by atoms with Gasteiger partial charge in [-0.3, -0.25) is 5.32 Å². The van der Waals surface area contributed by atoms with Gasteiger partial charge in [0.15, 0.2) is 0 Å². The number of hydrogen-bond donors (Lipinski definition) is 1. The summed E-state index contributed by atoms with van der Waals surface area (Å²) < 4.78 is 0.953. The van der Waals surface area contributed by atoms with Crippen LogP contribution in [0.3, 0.4) is 0 Å². The molecule has 0 amide bonds. The van der Waals surface area contributed by atoms with Crippen LogP contribution in [0.1, 0.15) is 18.9 Å². The van der Waals surface area contributed by atoms with Crippen LogP contribution in [0, 0.1) is 0 Å². The molecule has 0 heterocycles. The molecule has 0 saturated heterocycles. The van der Waals surface area contributed by atoms with E-state index in [0.29, 0.717) is 6.17 Å². The van der Waals surface area contributed by atoms with Crippen LogP contribution in [0.5, 0.6) is 0 Å². The third-order valence-electron chi connectivity index (χ3n) is 3.16. The zero-order chi connectivity index (χ0) is 12.7. The number of hydrogen-bond acceptors (Lipinski definition) is 1. The Morgan fingerprint density at radius 3 is 2.47 bits per heavy atom. The molecular weight excluding hydrogens is 208 g/mol. The Balaban J connectivity index is 2.67. The first-order valence-corrected chi connectivity index (χ1v) is 6.31. The molecule has 0 fully saturated rings. The highest BCUT2D eigenvalue weighted by Crippen LogP contribution is 2.14. The van der Waals surface area contributed by atoms with Crippen molar-refractivity contribution in [1.29, 1.82) is 0 Å². The second-order valence-corrected chi connectivity index (χ2v) is 5.04. The molecule has 0 aliphatic rings. The van der Waals surface area contributed by atoms with Crippen LogP contribution < -0.4 is 5.32 Å². The fourth-order valence-electron chi connectivity index (χ4n) is 2.27. The maximum absolute atomic E-state index is 3.76. The summed E-state index contributed by atoms with van der Waals surface area (Å²) in [6.07, 6.45) is 3.51. The largest absolute Gasteiger partial charge is 0.310 e. The second kappa shape index (κ2) is 6.58. The molecule has 0 aliphatic carbocycles. The van der Waals surface area contributed by atoms with Crippen molar-refractivity contribution in [2.24, 2.45) is 0 Å². The topological polar surface area (TPSA) is 12.0 Å². The predicted molar refractivity (Wildman–Crippen MR) is 74.5 cm³/mol. The second-order valence-electron chi connectivity index (χ2n) is 5.04. The monoisotopic (exact) mass is 233 g/mol. The van der Waals surface area contributed by atoms with Crippen LogP contribution in [0.4, 0.5) is 0 Å². The summed E-state index contributed by atoms with van der Waals surface area (Å²) in [6, 6.07) is 10.7. The Bertz CT molecular complexity index is 330. The van der Waals surface area contributed by atoms with Crippen molar-refractivity contribution in [2.45, 2.75) is 26.1 Å². The summed E-state index contributed by atoms with van der Waals surface area (Å²) in [5, 5.41) is 3.53. The number of nitrogens with zero attached hydrogens (tertiary/aromatic N) is 1. The van der Waals surface area contributed by atoms with Gasteiger partial charge in [0, 0.05) is 18.5 Å². The number of nitrogens with one attached hydrogen (secondary N) is 1. The zero-order valence-electron chi connectivity index (χ0n) is 11.3. The molecule has 1 unspecified atom stereocenters. The molecule has 0 aromatic heterocycles. The maximum Gasteiger partial charge on any atom is 0.142 e. The number of benzene rings is 1. The Morgan fingerprint density at radius 2 is 1.94 bits per heavy atom. The van der Waals surface area contributed by atoms with E-state index in [9.17, 15) is 0 Å². The van der Waals surface area contributed by atoms with Gasteiger partial charge in [-0.05, 0) is 0 Å².